The van der Waals surface area contributed by atoms with Crippen LogP contribution in [-0.2, 0) is 17.8 Å². The summed E-state index contributed by atoms with van der Waals surface area (Å²) < 4.78 is 29.3. The monoisotopic (exact) mass is 519 g/mol. The van der Waals surface area contributed by atoms with Crippen LogP contribution in [0, 0.1) is 0 Å². The standard InChI is InChI=1S/C23H31F2N7O.C2H4O2/c1-3-16-19(31-12-4-11-23(24,25)14-31)9-7-18(28-16)22(26)20(30(2)27)13-32-21(33)10-8-17(29-32)15-5-6-15;1-2(3)4/h7-10,15H,3-6,11-14,26-27H2,1-2H3;1H3,(H,3,4)/b22-20-;. The molecule has 5 N–H and O–H groups in total. The summed E-state index contributed by atoms with van der Waals surface area (Å²) in [5.74, 6) is 2.93. The number of allylic oxidation sites excluding steroid dienone is 1. The highest BCUT2D eigenvalue weighted by atomic mass is 19.3. The maximum Gasteiger partial charge on any atom is 0.300 e. The fourth-order valence-electron chi connectivity index (χ4n) is 4.21. The number of carboxylic acids is 1. The molecule has 2 aliphatic rings. The molecule has 0 radical (unpaired) electrons. The number of likely N-dealkylation sites (N-methyl/N-ethyl adjacent to an activating group) is 1. The van der Waals surface area contributed by atoms with E-state index in [0.29, 0.717) is 53.8 Å². The molecule has 10 nitrogen and oxygen atoms in total. The first-order valence-corrected chi connectivity index (χ1v) is 12.3. The van der Waals surface area contributed by atoms with Crippen molar-refractivity contribution in [3.63, 3.8) is 0 Å². The summed E-state index contributed by atoms with van der Waals surface area (Å²) >= 11 is 0. The number of hydrogen-bond acceptors (Lipinski definition) is 8. The van der Waals surface area contributed by atoms with Gasteiger partial charge in [0, 0.05) is 38.9 Å². The molecule has 1 aliphatic heterocycles. The number of halogens is 2. The number of nitrogens with two attached hydrogens (primary N) is 2. The van der Waals surface area contributed by atoms with E-state index in [2.05, 4.69) is 10.1 Å². The maximum atomic E-state index is 14.0. The Labute approximate surface area is 214 Å². The Bertz CT molecular complexity index is 1210. The molecule has 1 saturated carbocycles. The third-order valence-electron chi connectivity index (χ3n) is 6.21. The van der Waals surface area contributed by atoms with Gasteiger partial charge in [-0.15, -0.1) is 0 Å². The van der Waals surface area contributed by atoms with Gasteiger partial charge >= 0.3 is 0 Å². The number of nitrogens with zero attached hydrogens (tertiary/aromatic N) is 5. The predicted molar refractivity (Wildman–Crippen MR) is 137 cm³/mol. The molecular formula is C25H35F2N7O3. The lowest BCUT2D eigenvalue weighted by Crippen LogP contribution is -2.43. The number of aryl methyl sites for hydroxylation is 1. The molecule has 0 aromatic carbocycles. The van der Waals surface area contributed by atoms with E-state index in [-0.39, 0.29) is 25.1 Å². The molecule has 1 aliphatic carbocycles. The third kappa shape index (κ3) is 7.48. The molecule has 2 fully saturated rings. The summed E-state index contributed by atoms with van der Waals surface area (Å²) in [5.41, 5.74) is 9.79. The third-order valence-corrected chi connectivity index (χ3v) is 6.21. The lowest BCUT2D eigenvalue weighted by molar-refractivity contribution is -0.134. The minimum atomic E-state index is -2.70. The average Bonchev–Trinajstić information content (AvgIpc) is 3.67. The lowest BCUT2D eigenvalue weighted by Gasteiger charge is -2.35. The highest BCUT2D eigenvalue weighted by molar-refractivity contribution is 5.65. The van der Waals surface area contributed by atoms with Crippen molar-refractivity contribution in [1.29, 1.82) is 0 Å². The number of aliphatic carboxylic acids is 1. The molecule has 0 amide bonds. The Balaban J connectivity index is 0.000000886. The summed E-state index contributed by atoms with van der Waals surface area (Å²) in [4.78, 5) is 27.8. The van der Waals surface area contributed by atoms with Crippen LogP contribution >= 0.6 is 0 Å². The van der Waals surface area contributed by atoms with Gasteiger partial charge in [0.15, 0.2) is 0 Å². The molecule has 4 rings (SSSR count). The van der Waals surface area contributed by atoms with Gasteiger partial charge in [0.2, 0.25) is 0 Å². The summed E-state index contributed by atoms with van der Waals surface area (Å²) in [5, 5.41) is 13.3. The van der Waals surface area contributed by atoms with Crippen molar-refractivity contribution in [2.24, 2.45) is 11.6 Å². The van der Waals surface area contributed by atoms with Gasteiger partial charge in [-0.1, -0.05) is 6.92 Å². The van der Waals surface area contributed by atoms with Crippen molar-refractivity contribution in [2.45, 2.75) is 64.3 Å². The summed E-state index contributed by atoms with van der Waals surface area (Å²) in [6, 6.07) is 6.80. The minimum Gasteiger partial charge on any atom is -0.481 e. The Morgan fingerprint density at radius 3 is 2.51 bits per heavy atom. The molecule has 0 spiro atoms. The number of aromatic nitrogens is 3. The Hall–Kier alpha value is -3.54. The molecule has 37 heavy (non-hydrogen) atoms. The van der Waals surface area contributed by atoms with E-state index >= 15 is 0 Å². The second kappa shape index (κ2) is 11.7. The quantitative estimate of drug-likeness (QED) is 0.371. The van der Waals surface area contributed by atoms with Crippen LogP contribution in [0.1, 0.15) is 62.5 Å². The van der Waals surface area contributed by atoms with Crippen LogP contribution in [0.4, 0.5) is 14.5 Å². The molecular weight excluding hydrogens is 484 g/mol. The average molecular weight is 520 g/mol. The molecule has 12 heteroatoms. The fourth-order valence-corrected chi connectivity index (χ4v) is 4.21. The van der Waals surface area contributed by atoms with E-state index < -0.39 is 11.9 Å². The van der Waals surface area contributed by atoms with Gasteiger partial charge in [0.25, 0.3) is 17.5 Å². The van der Waals surface area contributed by atoms with E-state index in [9.17, 15) is 13.6 Å². The number of carbonyl (C=O) groups is 1. The highest BCUT2D eigenvalue weighted by Gasteiger charge is 2.36. The number of piperidine rings is 1. The van der Waals surface area contributed by atoms with E-state index in [0.717, 1.165) is 25.5 Å². The van der Waals surface area contributed by atoms with Gasteiger partial charge in [0.05, 0.1) is 47.3 Å². The number of hydrazine groups is 1. The van der Waals surface area contributed by atoms with Crippen molar-refractivity contribution in [1.82, 2.24) is 19.8 Å². The molecule has 3 heterocycles. The van der Waals surface area contributed by atoms with Crippen LogP contribution in [0.3, 0.4) is 0 Å². The Morgan fingerprint density at radius 1 is 1.27 bits per heavy atom. The summed E-state index contributed by atoms with van der Waals surface area (Å²) in [6.45, 7) is 3.37. The fraction of sp³-hybridized carbons (Fsp3) is 0.520. The van der Waals surface area contributed by atoms with Gasteiger partial charge in [-0.2, -0.15) is 5.10 Å². The predicted octanol–water partition coefficient (Wildman–Crippen LogP) is 2.54. The number of anilines is 1. The van der Waals surface area contributed by atoms with Gasteiger partial charge in [-0.25, -0.2) is 24.3 Å². The summed E-state index contributed by atoms with van der Waals surface area (Å²) in [6.07, 6.45) is 3.06. The van der Waals surface area contributed by atoms with Crippen LogP contribution in [0.15, 0.2) is 34.8 Å². The lowest BCUT2D eigenvalue weighted by atomic mass is 10.1. The second-order valence-corrected chi connectivity index (χ2v) is 9.42. The first-order chi connectivity index (χ1) is 17.4. The van der Waals surface area contributed by atoms with Crippen LogP contribution < -0.4 is 22.0 Å². The first-order valence-electron chi connectivity index (χ1n) is 12.3. The van der Waals surface area contributed by atoms with Gasteiger partial charge < -0.3 is 20.7 Å². The topological polar surface area (TPSA) is 144 Å². The number of rotatable bonds is 7. The maximum absolute atomic E-state index is 14.0. The molecule has 202 valence electrons. The van der Waals surface area contributed by atoms with Gasteiger partial charge in [0.1, 0.15) is 0 Å². The van der Waals surface area contributed by atoms with Crippen molar-refractivity contribution in [3.8, 4) is 0 Å². The van der Waals surface area contributed by atoms with Crippen molar-refractivity contribution in [2.75, 3.05) is 25.0 Å². The van der Waals surface area contributed by atoms with E-state index in [1.165, 1.54) is 15.8 Å². The first kappa shape index (κ1) is 28.0. The molecule has 2 aromatic heterocycles. The highest BCUT2D eigenvalue weighted by Crippen LogP contribution is 2.38. The van der Waals surface area contributed by atoms with Crippen molar-refractivity contribution >= 4 is 17.4 Å². The second-order valence-electron chi connectivity index (χ2n) is 9.42. The molecule has 0 bridgehead atoms. The zero-order valence-corrected chi connectivity index (χ0v) is 21.5. The SMILES string of the molecule is CC(=O)O.CCc1nc(/C(N)=C(\Cn2nc(C3CC3)ccc2=O)N(C)N)ccc1N1CCCC(F)(F)C1. The van der Waals surface area contributed by atoms with Gasteiger partial charge in [-0.05, 0) is 43.9 Å². The Morgan fingerprint density at radius 2 is 1.95 bits per heavy atom. The number of alkyl halides is 2. The zero-order chi connectivity index (χ0) is 27.3. The normalized spacial score (nSPS) is 17.4. The van der Waals surface area contributed by atoms with Crippen molar-refractivity contribution < 1.29 is 18.7 Å². The largest absolute Gasteiger partial charge is 0.481 e. The zero-order valence-electron chi connectivity index (χ0n) is 21.5. The van der Waals surface area contributed by atoms with Gasteiger partial charge in [-0.3, -0.25) is 9.59 Å². The molecule has 2 aromatic rings. The number of pyridine rings is 1. The molecule has 1 saturated heterocycles. The summed E-state index contributed by atoms with van der Waals surface area (Å²) in [7, 11) is 1.64. The van der Waals surface area contributed by atoms with Crippen LogP contribution in [0.2, 0.25) is 0 Å². The van der Waals surface area contributed by atoms with Crippen molar-refractivity contribution in [3.05, 3.63) is 57.4 Å². The number of hydrogen-bond donors (Lipinski definition) is 3. The van der Waals surface area contributed by atoms with Crippen LogP contribution in [0.5, 0.6) is 0 Å². The minimum absolute atomic E-state index is 0.0896. The van der Waals surface area contributed by atoms with E-state index in [4.69, 9.17) is 21.5 Å². The van der Waals surface area contributed by atoms with Crippen LogP contribution in [0.25, 0.3) is 5.70 Å². The smallest absolute Gasteiger partial charge is 0.300 e. The van der Waals surface area contributed by atoms with E-state index in [1.54, 1.807) is 30.1 Å². The van der Waals surface area contributed by atoms with Crippen LogP contribution in [-0.4, -0.2) is 56.9 Å². The molecule has 0 atom stereocenters. The Kier molecular flexibility index (Phi) is 8.85. The van der Waals surface area contributed by atoms with E-state index in [1.807, 2.05) is 6.92 Å². The molecule has 0 unspecified atom stereocenters. The number of carboxylic acid groups (broad SMARTS) is 1.